The van der Waals surface area contributed by atoms with Crippen molar-refractivity contribution in [2.75, 3.05) is 5.32 Å². The maximum absolute atomic E-state index is 13.1. The van der Waals surface area contributed by atoms with Gasteiger partial charge in [0, 0.05) is 12.2 Å². The third-order valence-corrected chi connectivity index (χ3v) is 2.45. The van der Waals surface area contributed by atoms with E-state index in [1.807, 2.05) is 13.0 Å². The van der Waals surface area contributed by atoms with Crippen molar-refractivity contribution in [3.63, 3.8) is 0 Å². The van der Waals surface area contributed by atoms with Crippen molar-refractivity contribution < 1.29 is 8.78 Å². The van der Waals surface area contributed by atoms with Crippen molar-refractivity contribution in [1.29, 1.82) is 0 Å². The lowest BCUT2D eigenvalue weighted by molar-refractivity contribution is 0.627. The third-order valence-electron chi connectivity index (χ3n) is 2.45. The molecule has 88 valence electrons. The summed E-state index contributed by atoms with van der Waals surface area (Å²) in [5.41, 5.74) is 2.55. The highest BCUT2D eigenvalue weighted by molar-refractivity contribution is 5.46. The minimum absolute atomic E-state index is 0.254. The van der Waals surface area contributed by atoms with Gasteiger partial charge in [-0.3, -0.25) is 0 Å². The van der Waals surface area contributed by atoms with E-state index in [2.05, 4.69) is 5.32 Å². The van der Waals surface area contributed by atoms with Crippen LogP contribution in [0.3, 0.4) is 0 Å². The van der Waals surface area contributed by atoms with E-state index >= 15 is 0 Å². The first-order valence-corrected chi connectivity index (χ1v) is 5.39. The van der Waals surface area contributed by atoms with E-state index in [1.54, 1.807) is 12.1 Å². The smallest absolute Gasteiger partial charge is 0.125 e. The van der Waals surface area contributed by atoms with Crippen LogP contribution in [0.2, 0.25) is 0 Å². The maximum Gasteiger partial charge on any atom is 0.125 e. The maximum atomic E-state index is 13.1. The van der Waals surface area contributed by atoms with Gasteiger partial charge in [-0.15, -0.1) is 0 Å². The summed E-state index contributed by atoms with van der Waals surface area (Å²) in [5, 5.41) is 3.10. The highest BCUT2D eigenvalue weighted by atomic mass is 19.1. The van der Waals surface area contributed by atoms with E-state index in [0.717, 1.165) is 16.8 Å². The van der Waals surface area contributed by atoms with Crippen molar-refractivity contribution in [2.45, 2.75) is 13.5 Å². The first-order chi connectivity index (χ1) is 8.13. The molecule has 0 unspecified atom stereocenters. The van der Waals surface area contributed by atoms with Gasteiger partial charge in [-0.25, -0.2) is 8.78 Å². The molecule has 3 heteroatoms. The molecule has 1 N–H and O–H groups in total. The molecule has 0 heterocycles. The van der Waals surface area contributed by atoms with Crippen LogP contribution in [0.1, 0.15) is 11.1 Å². The minimum Gasteiger partial charge on any atom is -0.381 e. The van der Waals surface area contributed by atoms with Gasteiger partial charge in [-0.05, 0) is 48.4 Å². The molecule has 0 aromatic heterocycles. The number of rotatable bonds is 3. The summed E-state index contributed by atoms with van der Waals surface area (Å²) in [6, 6.07) is 11.0. The van der Waals surface area contributed by atoms with Gasteiger partial charge < -0.3 is 5.32 Å². The summed E-state index contributed by atoms with van der Waals surface area (Å²) < 4.78 is 25.8. The summed E-state index contributed by atoms with van der Waals surface area (Å²) in [5.74, 6) is -0.512. The Hall–Kier alpha value is -1.90. The van der Waals surface area contributed by atoms with Crippen LogP contribution in [0.4, 0.5) is 14.5 Å². The number of hydrogen-bond donors (Lipinski definition) is 1. The first kappa shape index (κ1) is 11.6. The topological polar surface area (TPSA) is 12.0 Å². The van der Waals surface area contributed by atoms with Gasteiger partial charge in [0.1, 0.15) is 11.6 Å². The summed E-state index contributed by atoms with van der Waals surface area (Å²) in [4.78, 5) is 0. The quantitative estimate of drug-likeness (QED) is 0.848. The fraction of sp³-hybridized carbons (Fsp3) is 0.143. The van der Waals surface area contributed by atoms with Crippen molar-refractivity contribution >= 4 is 5.69 Å². The zero-order valence-corrected chi connectivity index (χ0v) is 9.50. The van der Waals surface area contributed by atoms with E-state index in [4.69, 9.17) is 0 Å². The molecule has 0 aliphatic heterocycles. The lowest BCUT2D eigenvalue weighted by Gasteiger charge is -2.07. The summed E-state index contributed by atoms with van der Waals surface area (Å²) in [6.45, 7) is 2.38. The normalized spacial score (nSPS) is 10.3. The minimum atomic E-state index is -0.258. The van der Waals surface area contributed by atoms with Gasteiger partial charge in [0.2, 0.25) is 0 Å². The number of anilines is 1. The van der Waals surface area contributed by atoms with Gasteiger partial charge >= 0.3 is 0 Å². The van der Waals surface area contributed by atoms with Crippen LogP contribution in [0, 0.1) is 18.6 Å². The zero-order chi connectivity index (χ0) is 12.3. The molecule has 2 rings (SSSR count). The van der Waals surface area contributed by atoms with Crippen LogP contribution in [-0.2, 0) is 6.54 Å². The molecule has 0 amide bonds. The first-order valence-electron chi connectivity index (χ1n) is 5.39. The second-order valence-electron chi connectivity index (χ2n) is 4.00. The number of hydrogen-bond acceptors (Lipinski definition) is 1. The molecular formula is C14H13F2N. The zero-order valence-electron chi connectivity index (χ0n) is 9.50. The average Bonchev–Trinajstić information content (AvgIpc) is 2.27. The lowest BCUT2D eigenvalue weighted by Crippen LogP contribution is -2.00. The molecule has 0 aliphatic carbocycles. The predicted molar refractivity (Wildman–Crippen MR) is 64.9 cm³/mol. The summed E-state index contributed by atoms with van der Waals surface area (Å²) >= 11 is 0. The Morgan fingerprint density at radius 1 is 0.941 bits per heavy atom. The second-order valence-corrected chi connectivity index (χ2v) is 4.00. The lowest BCUT2D eigenvalue weighted by atomic mass is 10.2. The fourth-order valence-corrected chi connectivity index (χ4v) is 1.64. The molecule has 0 saturated heterocycles. The van der Waals surface area contributed by atoms with Crippen LogP contribution in [-0.4, -0.2) is 0 Å². The van der Waals surface area contributed by atoms with Crippen molar-refractivity contribution in [3.05, 3.63) is 65.2 Å². The van der Waals surface area contributed by atoms with E-state index < -0.39 is 0 Å². The molecule has 0 aliphatic rings. The second kappa shape index (κ2) is 4.95. The van der Waals surface area contributed by atoms with Crippen LogP contribution in [0.5, 0.6) is 0 Å². The summed E-state index contributed by atoms with van der Waals surface area (Å²) in [6.07, 6.45) is 0. The molecule has 0 bridgehead atoms. The number of nitrogens with one attached hydrogen (secondary N) is 1. The van der Waals surface area contributed by atoms with Crippen molar-refractivity contribution in [3.8, 4) is 0 Å². The standard InChI is InChI=1S/C14H13F2N/c1-10-6-13(16)8-14(7-10)17-9-11-2-4-12(15)5-3-11/h2-8,17H,9H2,1H3. The summed E-state index contributed by atoms with van der Waals surface area (Å²) in [7, 11) is 0. The number of halogens is 2. The Morgan fingerprint density at radius 3 is 2.29 bits per heavy atom. The monoisotopic (exact) mass is 233 g/mol. The highest BCUT2D eigenvalue weighted by Crippen LogP contribution is 2.14. The molecule has 1 nitrogen and oxygen atoms in total. The van der Waals surface area contributed by atoms with E-state index in [9.17, 15) is 8.78 Å². The number of aryl methyl sites for hydroxylation is 1. The van der Waals surface area contributed by atoms with Crippen LogP contribution < -0.4 is 5.32 Å². The Bertz CT molecular complexity index is 486. The number of benzene rings is 2. The molecule has 0 fully saturated rings. The molecular weight excluding hydrogens is 220 g/mol. The van der Waals surface area contributed by atoms with Gasteiger partial charge in [0.15, 0.2) is 0 Å². The van der Waals surface area contributed by atoms with E-state index in [-0.39, 0.29) is 11.6 Å². The van der Waals surface area contributed by atoms with Crippen molar-refractivity contribution in [1.82, 2.24) is 0 Å². The van der Waals surface area contributed by atoms with E-state index in [0.29, 0.717) is 6.54 Å². The van der Waals surface area contributed by atoms with Crippen LogP contribution in [0.15, 0.2) is 42.5 Å². The van der Waals surface area contributed by atoms with Gasteiger partial charge in [0.25, 0.3) is 0 Å². The van der Waals surface area contributed by atoms with Crippen LogP contribution in [0.25, 0.3) is 0 Å². The third kappa shape index (κ3) is 3.28. The van der Waals surface area contributed by atoms with Crippen molar-refractivity contribution in [2.24, 2.45) is 0 Å². The Labute approximate surface area is 99.1 Å². The molecule has 0 saturated carbocycles. The highest BCUT2D eigenvalue weighted by Gasteiger charge is 1.98. The largest absolute Gasteiger partial charge is 0.381 e. The fourth-order valence-electron chi connectivity index (χ4n) is 1.64. The molecule has 17 heavy (non-hydrogen) atoms. The Balaban J connectivity index is 2.04. The van der Waals surface area contributed by atoms with Gasteiger partial charge in [0.05, 0.1) is 0 Å². The predicted octanol–water partition coefficient (Wildman–Crippen LogP) is 3.89. The Morgan fingerprint density at radius 2 is 1.65 bits per heavy atom. The molecule has 0 atom stereocenters. The average molecular weight is 233 g/mol. The molecule has 0 spiro atoms. The Kier molecular flexibility index (Phi) is 3.38. The van der Waals surface area contributed by atoms with Gasteiger partial charge in [-0.1, -0.05) is 12.1 Å². The van der Waals surface area contributed by atoms with Crippen LogP contribution >= 0.6 is 0 Å². The van der Waals surface area contributed by atoms with E-state index in [1.165, 1.54) is 24.3 Å². The molecule has 2 aromatic carbocycles. The molecule has 0 radical (unpaired) electrons. The van der Waals surface area contributed by atoms with Gasteiger partial charge in [-0.2, -0.15) is 0 Å². The SMILES string of the molecule is Cc1cc(F)cc(NCc2ccc(F)cc2)c1. The molecule has 2 aromatic rings.